The van der Waals surface area contributed by atoms with Gasteiger partial charge < -0.3 is 5.32 Å². The number of benzene rings is 2. The molecule has 2 atom stereocenters. The fraction of sp³-hybridized carbons (Fsp3) is 0.360. The van der Waals surface area contributed by atoms with Crippen molar-refractivity contribution in [1.29, 1.82) is 0 Å². The van der Waals surface area contributed by atoms with Gasteiger partial charge in [0.15, 0.2) is 0 Å². The van der Waals surface area contributed by atoms with Crippen LogP contribution in [0, 0.1) is 11.8 Å². The van der Waals surface area contributed by atoms with E-state index >= 15 is 0 Å². The summed E-state index contributed by atoms with van der Waals surface area (Å²) in [6.07, 6.45) is 8.39. The molecule has 3 aromatic rings. The summed E-state index contributed by atoms with van der Waals surface area (Å²) in [5.74, 6) is 1.69. The van der Waals surface area contributed by atoms with Crippen LogP contribution in [0.15, 0.2) is 42.6 Å². The van der Waals surface area contributed by atoms with Crippen molar-refractivity contribution >= 4 is 46.4 Å². The number of carbonyl (C=O) groups is 1. The van der Waals surface area contributed by atoms with Gasteiger partial charge in [0.25, 0.3) is 5.91 Å². The van der Waals surface area contributed by atoms with Crippen LogP contribution in [0.5, 0.6) is 0 Å². The van der Waals surface area contributed by atoms with E-state index in [0.717, 1.165) is 52.1 Å². The minimum absolute atomic E-state index is 0.233. The van der Waals surface area contributed by atoms with Crippen LogP contribution in [-0.2, 0) is 6.42 Å². The minimum atomic E-state index is -0.233. The number of carbonyl (C=O) groups excluding carboxylic acids is 1. The van der Waals surface area contributed by atoms with E-state index in [1.807, 2.05) is 24.3 Å². The molecule has 2 aromatic carbocycles. The molecule has 0 aliphatic heterocycles. The average molecular weight is 489 g/mol. The molecule has 5 rings (SSSR count). The summed E-state index contributed by atoms with van der Waals surface area (Å²) in [5.41, 5.74) is 4.30. The van der Waals surface area contributed by atoms with Crippen LogP contribution in [-0.4, -0.2) is 16.1 Å². The van der Waals surface area contributed by atoms with Crippen LogP contribution >= 0.6 is 34.8 Å². The van der Waals surface area contributed by atoms with Crippen molar-refractivity contribution in [2.75, 3.05) is 5.32 Å². The van der Waals surface area contributed by atoms with Crippen LogP contribution in [0.3, 0.4) is 0 Å². The highest BCUT2D eigenvalue weighted by molar-refractivity contribution is 6.35. The first-order valence-electron chi connectivity index (χ1n) is 11.0. The summed E-state index contributed by atoms with van der Waals surface area (Å²) in [4.78, 5) is 12.8. The lowest BCUT2D eigenvalue weighted by molar-refractivity contribution is 0.102. The zero-order valence-electron chi connectivity index (χ0n) is 17.5. The SMILES string of the molecule is O=C(Nc1ccc(Cl)c(C2CC3CCC(C3)C2)c1Cc1ccc(Cl)cc1Cl)c1ccn[nH]1. The number of H-pyrrole nitrogens is 1. The van der Waals surface area contributed by atoms with E-state index in [-0.39, 0.29) is 5.91 Å². The molecule has 2 bridgehead atoms. The normalized spacial score (nSPS) is 22.2. The lowest BCUT2D eigenvalue weighted by Gasteiger charge is -2.31. The zero-order chi connectivity index (χ0) is 22.2. The lowest BCUT2D eigenvalue weighted by Crippen LogP contribution is -2.19. The maximum absolute atomic E-state index is 12.8. The van der Waals surface area contributed by atoms with Gasteiger partial charge in [-0.25, -0.2) is 0 Å². The largest absolute Gasteiger partial charge is 0.320 e. The third-order valence-corrected chi connectivity index (χ3v) is 7.89. The number of nitrogens with zero attached hydrogens (tertiary/aromatic N) is 1. The molecule has 2 unspecified atom stereocenters. The molecule has 2 saturated carbocycles. The van der Waals surface area contributed by atoms with E-state index in [1.54, 1.807) is 18.3 Å². The first-order chi connectivity index (χ1) is 15.5. The Hall–Kier alpha value is -2.01. The fourth-order valence-corrected chi connectivity index (χ4v) is 6.36. The Kier molecular flexibility index (Phi) is 6.20. The van der Waals surface area contributed by atoms with Gasteiger partial charge >= 0.3 is 0 Å². The molecule has 4 nitrogen and oxygen atoms in total. The highest BCUT2D eigenvalue weighted by Crippen LogP contribution is 2.51. The molecule has 1 heterocycles. The van der Waals surface area contributed by atoms with E-state index in [0.29, 0.717) is 28.1 Å². The molecular weight excluding hydrogens is 465 g/mol. The van der Waals surface area contributed by atoms with Crippen molar-refractivity contribution in [3.8, 4) is 0 Å². The van der Waals surface area contributed by atoms with Crippen LogP contribution in [0.4, 0.5) is 5.69 Å². The second-order valence-electron chi connectivity index (χ2n) is 9.04. The van der Waals surface area contributed by atoms with Crippen molar-refractivity contribution in [3.63, 3.8) is 0 Å². The predicted molar refractivity (Wildman–Crippen MR) is 130 cm³/mol. The smallest absolute Gasteiger partial charge is 0.273 e. The number of fused-ring (bicyclic) bond motifs is 2. The maximum Gasteiger partial charge on any atom is 0.273 e. The summed E-state index contributed by atoms with van der Waals surface area (Å²) in [6, 6.07) is 11.0. The first-order valence-corrected chi connectivity index (χ1v) is 12.2. The van der Waals surface area contributed by atoms with Gasteiger partial charge in [-0.2, -0.15) is 5.10 Å². The highest BCUT2D eigenvalue weighted by Gasteiger charge is 2.36. The van der Waals surface area contributed by atoms with Crippen molar-refractivity contribution in [3.05, 3.63) is 80.0 Å². The predicted octanol–water partition coefficient (Wildman–Crippen LogP) is 7.51. The van der Waals surface area contributed by atoms with Crippen molar-refractivity contribution in [2.45, 2.75) is 44.4 Å². The third kappa shape index (κ3) is 4.41. The molecule has 1 aromatic heterocycles. The Bertz CT molecular complexity index is 1130. The number of amides is 1. The molecule has 166 valence electrons. The number of aromatic nitrogens is 2. The topological polar surface area (TPSA) is 57.8 Å². The van der Waals surface area contributed by atoms with Crippen molar-refractivity contribution in [1.82, 2.24) is 10.2 Å². The lowest BCUT2D eigenvalue weighted by atomic mass is 9.75. The summed E-state index contributed by atoms with van der Waals surface area (Å²) in [6.45, 7) is 0. The number of hydrogen-bond acceptors (Lipinski definition) is 2. The van der Waals surface area contributed by atoms with Crippen LogP contribution in [0.2, 0.25) is 15.1 Å². The number of hydrogen-bond donors (Lipinski definition) is 2. The van der Waals surface area contributed by atoms with Crippen molar-refractivity contribution in [2.24, 2.45) is 11.8 Å². The second kappa shape index (κ2) is 9.09. The first kappa shape index (κ1) is 21.8. The quantitative estimate of drug-likeness (QED) is 0.390. The Morgan fingerprint density at radius 1 is 1.00 bits per heavy atom. The van der Waals surface area contributed by atoms with E-state index in [4.69, 9.17) is 34.8 Å². The summed E-state index contributed by atoms with van der Waals surface area (Å²) in [5, 5.41) is 11.7. The molecule has 0 spiro atoms. The molecular formula is C25H24Cl3N3O. The number of nitrogens with one attached hydrogen (secondary N) is 2. The standard InChI is InChI=1S/C25H24Cl3N3O/c26-18-4-3-16(21(28)13-18)12-19-22(30-25(32)23-7-8-29-31-23)6-5-20(27)24(19)17-10-14-1-2-15(9-14)11-17/h3-8,13-15,17H,1-2,9-12H2,(H,29,31)(H,30,32). The molecule has 0 radical (unpaired) electrons. The highest BCUT2D eigenvalue weighted by atomic mass is 35.5. The van der Waals surface area contributed by atoms with Gasteiger partial charge in [0.05, 0.1) is 0 Å². The molecule has 1 amide bonds. The van der Waals surface area contributed by atoms with E-state index < -0.39 is 0 Å². The fourth-order valence-electron chi connectivity index (χ4n) is 5.56. The maximum atomic E-state index is 12.8. The monoisotopic (exact) mass is 487 g/mol. The number of anilines is 1. The van der Waals surface area contributed by atoms with Gasteiger partial charge in [-0.3, -0.25) is 9.89 Å². The molecule has 7 heteroatoms. The Labute approximate surface area is 202 Å². The number of halogens is 3. The molecule has 32 heavy (non-hydrogen) atoms. The Morgan fingerprint density at radius 2 is 1.78 bits per heavy atom. The molecule has 2 fully saturated rings. The molecule has 2 aliphatic rings. The van der Waals surface area contributed by atoms with Gasteiger partial charge in [0, 0.05) is 33.4 Å². The van der Waals surface area contributed by atoms with Gasteiger partial charge in [-0.1, -0.05) is 53.7 Å². The average Bonchev–Trinajstić information content (AvgIpc) is 3.41. The van der Waals surface area contributed by atoms with Gasteiger partial charge in [-0.15, -0.1) is 0 Å². The van der Waals surface area contributed by atoms with Crippen LogP contribution in [0.1, 0.15) is 65.2 Å². The second-order valence-corrected chi connectivity index (χ2v) is 10.3. The van der Waals surface area contributed by atoms with Gasteiger partial charge in [0.1, 0.15) is 5.69 Å². The number of rotatable bonds is 5. The van der Waals surface area contributed by atoms with E-state index in [1.165, 1.54) is 19.3 Å². The molecule has 2 N–H and O–H groups in total. The zero-order valence-corrected chi connectivity index (χ0v) is 19.8. The summed E-state index contributed by atoms with van der Waals surface area (Å²) in [7, 11) is 0. The van der Waals surface area contributed by atoms with Crippen molar-refractivity contribution < 1.29 is 4.79 Å². The number of aromatic amines is 1. The summed E-state index contributed by atoms with van der Waals surface area (Å²) >= 11 is 19.5. The minimum Gasteiger partial charge on any atom is -0.320 e. The van der Waals surface area contributed by atoms with E-state index in [2.05, 4.69) is 15.5 Å². The van der Waals surface area contributed by atoms with Gasteiger partial charge in [0.2, 0.25) is 0 Å². The Morgan fingerprint density at radius 3 is 2.47 bits per heavy atom. The Balaban J connectivity index is 1.57. The third-order valence-electron chi connectivity index (χ3n) is 6.97. The van der Waals surface area contributed by atoms with E-state index in [9.17, 15) is 4.79 Å². The molecule has 2 aliphatic carbocycles. The molecule has 0 saturated heterocycles. The van der Waals surface area contributed by atoms with Gasteiger partial charge in [-0.05, 0) is 84.0 Å². The van der Waals surface area contributed by atoms with Crippen LogP contribution in [0.25, 0.3) is 0 Å². The summed E-state index contributed by atoms with van der Waals surface area (Å²) < 4.78 is 0. The van der Waals surface area contributed by atoms with Crippen LogP contribution < -0.4 is 5.32 Å².